The van der Waals surface area contributed by atoms with E-state index in [2.05, 4.69) is 15.4 Å². The molecule has 2 aromatic carbocycles. The third-order valence-electron chi connectivity index (χ3n) is 4.02. The molecule has 0 radical (unpaired) electrons. The van der Waals surface area contributed by atoms with Crippen molar-refractivity contribution in [2.45, 2.75) is 6.92 Å². The predicted octanol–water partition coefficient (Wildman–Crippen LogP) is 5.67. The summed E-state index contributed by atoms with van der Waals surface area (Å²) < 4.78 is 15.5. The zero-order valence-corrected chi connectivity index (χ0v) is 18.0. The molecule has 3 aromatic rings. The standard InChI is InChI=1S/C21H19ClN4O2S/c1-13-9-19(17(22)10-18(13)24-12-26(2)3)28-21-16(11-23)20(25-29-21)14-5-7-15(27-4)8-6-14/h5-10,12H,1-4H3. The molecule has 0 N–H and O–H groups in total. The van der Waals surface area contributed by atoms with Crippen LogP contribution in [-0.2, 0) is 0 Å². The first-order chi connectivity index (χ1) is 13.9. The van der Waals surface area contributed by atoms with E-state index in [-0.39, 0.29) is 0 Å². The van der Waals surface area contributed by atoms with Crippen LogP contribution in [0.2, 0.25) is 5.02 Å². The summed E-state index contributed by atoms with van der Waals surface area (Å²) in [6.45, 7) is 1.92. The van der Waals surface area contributed by atoms with Crippen molar-refractivity contribution in [3.05, 3.63) is 52.5 Å². The van der Waals surface area contributed by atoms with Crippen LogP contribution in [0, 0.1) is 18.3 Å². The lowest BCUT2D eigenvalue weighted by atomic mass is 10.1. The molecule has 0 atom stereocenters. The summed E-state index contributed by atoms with van der Waals surface area (Å²) in [5.41, 5.74) is 3.39. The van der Waals surface area contributed by atoms with Gasteiger partial charge in [-0.1, -0.05) is 11.6 Å². The van der Waals surface area contributed by atoms with Crippen molar-refractivity contribution in [1.82, 2.24) is 9.27 Å². The van der Waals surface area contributed by atoms with Crippen LogP contribution in [0.5, 0.6) is 16.6 Å². The lowest BCUT2D eigenvalue weighted by molar-refractivity contribution is 0.415. The van der Waals surface area contributed by atoms with E-state index in [1.54, 1.807) is 25.6 Å². The lowest BCUT2D eigenvalue weighted by Gasteiger charge is -2.10. The van der Waals surface area contributed by atoms with Crippen LogP contribution in [0.4, 0.5) is 5.69 Å². The van der Waals surface area contributed by atoms with Gasteiger partial charge < -0.3 is 14.4 Å². The highest BCUT2D eigenvalue weighted by Crippen LogP contribution is 2.40. The van der Waals surface area contributed by atoms with Crippen LogP contribution in [0.1, 0.15) is 11.1 Å². The Balaban J connectivity index is 1.92. The summed E-state index contributed by atoms with van der Waals surface area (Å²) in [5.74, 6) is 1.19. The summed E-state index contributed by atoms with van der Waals surface area (Å²) >= 11 is 7.51. The molecule has 3 rings (SSSR count). The number of nitrogens with zero attached hydrogens (tertiary/aromatic N) is 4. The maximum atomic E-state index is 9.67. The number of aromatic nitrogens is 1. The molecule has 0 amide bonds. The molecule has 1 aromatic heterocycles. The quantitative estimate of drug-likeness (QED) is 0.375. The highest BCUT2D eigenvalue weighted by atomic mass is 35.5. The number of hydrogen-bond donors (Lipinski definition) is 0. The molecule has 6 nitrogen and oxygen atoms in total. The van der Waals surface area contributed by atoms with Gasteiger partial charge in [0.1, 0.15) is 28.8 Å². The van der Waals surface area contributed by atoms with Crippen molar-refractivity contribution in [3.8, 4) is 33.9 Å². The zero-order valence-electron chi connectivity index (χ0n) is 16.4. The van der Waals surface area contributed by atoms with Crippen molar-refractivity contribution in [1.29, 1.82) is 5.26 Å². The van der Waals surface area contributed by atoms with Gasteiger partial charge in [-0.2, -0.15) is 9.64 Å². The van der Waals surface area contributed by atoms with Crippen LogP contribution in [0.3, 0.4) is 0 Å². The van der Waals surface area contributed by atoms with E-state index in [0.29, 0.717) is 27.1 Å². The first-order valence-corrected chi connectivity index (χ1v) is 9.81. The highest BCUT2D eigenvalue weighted by molar-refractivity contribution is 7.08. The summed E-state index contributed by atoms with van der Waals surface area (Å²) in [5, 5.41) is 10.5. The molecule has 0 aliphatic rings. The van der Waals surface area contributed by atoms with E-state index >= 15 is 0 Å². The molecular formula is C21H19ClN4O2S. The van der Waals surface area contributed by atoms with Crippen LogP contribution in [-0.4, -0.2) is 36.8 Å². The van der Waals surface area contributed by atoms with Crippen molar-refractivity contribution in [2.75, 3.05) is 21.2 Å². The Morgan fingerprint density at radius 2 is 1.97 bits per heavy atom. The second-order valence-electron chi connectivity index (χ2n) is 6.41. The first-order valence-electron chi connectivity index (χ1n) is 8.65. The SMILES string of the molecule is COc1ccc(-c2nsc(Oc3cc(C)c(N=CN(C)C)cc3Cl)c2C#N)cc1. The molecule has 148 valence electrons. The Kier molecular flexibility index (Phi) is 6.37. The molecule has 0 aliphatic carbocycles. The maximum absolute atomic E-state index is 9.67. The minimum atomic E-state index is 0.364. The van der Waals surface area contributed by atoms with Gasteiger partial charge in [-0.05, 0) is 48.9 Å². The average Bonchev–Trinajstić information content (AvgIpc) is 3.12. The van der Waals surface area contributed by atoms with E-state index < -0.39 is 0 Å². The topological polar surface area (TPSA) is 70.7 Å². The van der Waals surface area contributed by atoms with Gasteiger partial charge in [0, 0.05) is 31.2 Å². The number of hydrogen-bond acceptors (Lipinski definition) is 6. The Hall–Kier alpha value is -3.08. The minimum Gasteiger partial charge on any atom is -0.497 e. The van der Waals surface area contributed by atoms with Crippen molar-refractivity contribution in [2.24, 2.45) is 4.99 Å². The smallest absolute Gasteiger partial charge is 0.218 e. The van der Waals surface area contributed by atoms with Crippen LogP contribution in [0.25, 0.3) is 11.3 Å². The summed E-state index contributed by atoms with van der Waals surface area (Å²) in [7, 11) is 5.39. The Morgan fingerprint density at radius 1 is 1.24 bits per heavy atom. The number of aliphatic imine (C=N–C) groups is 1. The monoisotopic (exact) mass is 426 g/mol. The van der Waals surface area contributed by atoms with Gasteiger partial charge in [-0.25, -0.2) is 4.99 Å². The second-order valence-corrected chi connectivity index (χ2v) is 7.56. The molecule has 0 saturated heterocycles. The van der Waals surface area contributed by atoms with Gasteiger partial charge in [-0.15, -0.1) is 0 Å². The number of benzene rings is 2. The fraction of sp³-hybridized carbons (Fsp3) is 0.190. The van der Waals surface area contributed by atoms with E-state index in [1.807, 2.05) is 50.2 Å². The molecule has 29 heavy (non-hydrogen) atoms. The fourth-order valence-corrected chi connectivity index (χ4v) is 3.46. The molecule has 0 unspecified atom stereocenters. The van der Waals surface area contributed by atoms with E-state index in [1.165, 1.54) is 0 Å². The van der Waals surface area contributed by atoms with Crippen LogP contribution >= 0.6 is 23.1 Å². The molecule has 0 saturated carbocycles. The number of nitriles is 1. The number of halogens is 1. The van der Waals surface area contributed by atoms with Crippen molar-refractivity contribution in [3.63, 3.8) is 0 Å². The summed E-state index contributed by atoms with van der Waals surface area (Å²) in [4.78, 5) is 6.24. The van der Waals surface area contributed by atoms with E-state index in [9.17, 15) is 5.26 Å². The van der Waals surface area contributed by atoms with Gasteiger partial charge >= 0.3 is 0 Å². The molecule has 0 spiro atoms. The third kappa shape index (κ3) is 4.67. The van der Waals surface area contributed by atoms with Gasteiger partial charge in [0.2, 0.25) is 5.06 Å². The molecule has 0 fully saturated rings. The van der Waals surface area contributed by atoms with Gasteiger partial charge in [0.05, 0.1) is 24.2 Å². The zero-order chi connectivity index (χ0) is 21.0. The fourth-order valence-electron chi connectivity index (χ4n) is 2.53. The van der Waals surface area contributed by atoms with E-state index in [4.69, 9.17) is 21.1 Å². The van der Waals surface area contributed by atoms with Gasteiger partial charge in [0.15, 0.2) is 0 Å². The average molecular weight is 427 g/mol. The molecular weight excluding hydrogens is 408 g/mol. The summed E-state index contributed by atoms with van der Waals surface area (Å²) in [6, 6.07) is 13.1. The Morgan fingerprint density at radius 3 is 2.59 bits per heavy atom. The van der Waals surface area contributed by atoms with Crippen molar-refractivity contribution >= 4 is 35.2 Å². The lowest BCUT2D eigenvalue weighted by Crippen LogP contribution is -2.07. The molecule has 8 heteroatoms. The first kappa shape index (κ1) is 20.6. The Bertz CT molecular complexity index is 1090. The predicted molar refractivity (Wildman–Crippen MR) is 117 cm³/mol. The normalized spacial score (nSPS) is 10.8. The van der Waals surface area contributed by atoms with Crippen LogP contribution < -0.4 is 9.47 Å². The maximum Gasteiger partial charge on any atom is 0.218 e. The van der Waals surface area contributed by atoms with Crippen LogP contribution in [0.15, 0.2) is 41.4 Å². The minimum absolute atomic E-state index is 0.364. The summed E-state index contributed by atoms with van der Waals surface area (Å²) in [6.07, 6.45) is 1.71. The number of rotatable bonds is 6. The number of methoxy groups -OCH3 is 1. The van der Waals surface area contributed by atoms with Gasteiger partial charge in [-0.3, -0.25) is 0 Å². The third-order valence-corrected chi connectivity index (χ3v) is 5.04. The highest BCUT2D eigenvalue weighted by Gasteiger charge is 2.19. The molecule has 1 heterocycles. The van der Waals surface area contributed by atoms with Gasteiger partial charge in [0.25, 0.3) is 0 Å². The largest absolute Gasteiger partial charge is 0.497 e. The Labute approximate surface area is 178 Å². The molecule has 0 bridgehead atoms. The van der Waals surface area contributed by atoms with E-state index in [0.717, 1.165) is 34.1 Å². The molecule has 0 aliphatic heterocycles. The second kappa shape index (κ2) is 8.95. The number of aryl methyl sites for hydroxylation is 1. The van der Waals surface area contributed by atoms with Crippen molar-refractivity contribution < 1.29 is 9.47 Å². The number of ether oxygens (including phenoxy) is 2.